The number of aromatic amines is 1. The van der Waals surface area contributed by atoms with Gasteiger partial charge < -0.3 is 5.32 Å². The third-order valence-electron chi connectivity index (χ3n) is 5.84. The SMILES string of the molecule is C=C/C(=C\N=C(C)C)NC(=O)c1n[nH]c2ccc(-c3cncc(CN4CCC(F)(F)CC4)c3)cc12. The molecule has 3 aromatic rings. The third kappa shape index (κ3) is 6.05. The zero-order valence-corrected chi connectivity index (χ0v) is 19.8. The Hall–Kier alpha value is -3.72. The number of rotatable bonds is 7. The Kier molecular flexibility index (Phi) is 7.16. The van der Waals surface area contributed by atoms with E-state index in [4.69, 9.17) is 0 Å². The summed E-state index contributed by atoms with van der Waals surface area (Å²) in [6.45, 7) is 8.72. The molecule has 0 unspecified atom stereocenters. The fourth-order valence-electron chi connectivity index (χ4n) is 3.92. The van der Waals surface area contributed by atoms with Crippen LogP contribution in [0.4, 0.5) is 8.78 Å². The number of nitrogens with one attached hydrogen (secondary N) is 2. The van der Waals surface area contributed by atoms with Gasteiger partial charge in [0.05, 0.1) is 17.4 Å². The van der Waals surface area contributed by atoms with Crippen LogP contribution in [0, 0.1) is 0 Å². The van der Waals surface area contributed by atoms with Gasteiger partial charge in [-0.3, -0.25) is 24.8 Å². The first-order chi connectivity index (χ1) is 16.7. The number of carbonyl (C=O) groups excluding carboxylic acids is 1. The van der Waals surface area contributed by atoms with Crippen molar-refractivity contribution in [3.63, 3.8) is 0 Å². The van der Waals surface area contributed by atoms with Crippen molar-refractivity contribution in [1.82, 2.24) is 25.4 Å². The molecular formula is C26H28F2N6O. The van der Waals surface area contributed by atoms with Gasteiger partial charge in [0.1, 0.15) is 0 Å². The number of pyridine rings is 1. The first-order valence-electron chi connectivity index (χ1n) is 11.4. The third-order valence-corrected chi connectivity index (χ3v) is 5.84. The van der Waals surface area contributed by atoms with Crippen LogP contribution < -0.4 is 5.32 Å². The van der Waals surface area contributed by atoms with Gasteiger partial charge in [0.25, 0.3) is 11.8 Å². The fraction of sp³-hybridized carbons (Fsp3) is 0.308. The number of fused-ring (bicyclic) bond motifs is 1. The van der Waals surface area contributed by atoms with Crippen molar-refractivity contribution >= 4 is 22.5 Å². The predicted octanol–water partition coefficient (Wildman–Crippen LogP) is 5.09. The first-order valence-corrected chi connectivity index (χ1v) is 11.4. The Morgan fingerprint density at radius 1 is 1.23 bits per heavy atom. The van der Waals surface area contributed by atoms with Crippen LogP contribution in [-0.2, 0) is 6.54 Å². The average molecular weight is 479 g/mol. The Balaban J connectivity index is 1.55. The van der Waals surface area contributed by atoms with E-state index < -0.39 is 5.92 Å². The van der Waals surface area contributed by atoms with E-state index in [9.17, 15) is 13.6 Å². The van der Waals surface area contributed by atoms with E-state index in [2.05, 4.69) is 32.1 Å². The molecule has 182 valence electrons. The van der Waals surface area contributed by atoms with Crippen molar-refractivity contribution in [1.29, 1.82) is 0 Å². The number of likely N-dealkylation sites (tertiary alicyclic amines) is 1. The van der Waals surface area contributed by atoms with Crippen molar-refractivity contribution in [2.75, 3.05) is 13.1 Å². The number of hydrogen-bond acceptors (Lipinski definition) is 5. The number of halogens is 2. The van der Waals surface area contributed by atoms with E-state index in [0.29, 0.717) is 30.7 Å². The lowest BCUT2D eigenvalue weighted by Crippen LogP contribution is -2.38. The molecule has 0 aliphatic carbocycles. The number of amides is 1. The van der Waals surface area contributed by atoms with Crippen LogP contribution in [0.5, 0.6) is 0 Å². The van der Waals surface area contributed by atoms with Gasteiger partial charge in [-0.05, 0) is 49.2 Å². The number of allylic oxidation sites excluding steroid dienone is 1. The van der Waals surface area contributed by atoms with Crippen LogP contribution in [0.3, 0.4) is 0 Å². The zero-order chi connectivity index (χ0) is 25.0. The van der Waals surface area contributed by atoms with Gasteiger partial charge in [-0.1, -0.05) is 12.6 Å². The summed E-state index contributed by atoms with van der Waals surface area (Å²) < 4.78 is 26.9. The summed E-state index contributed by atoms with van der Waals surface area (Å²) in [6.07, 6.45) is 6.34. The lowest BCUT2D eigenvalue weighted by atomic mass is 10.0. The lowest BCUT2D eigenvalue weighted by molar-refractivity contribution is -0.0566. The first kappa shape index (κ1) is 24.4. The molecule has 7 nitrogen and oxygen atoms in total. The van der Waals surface area contributed by atoms with Gasteiger partial charge in [0, 0.05) is 61.5 Å². The predicted molar refractivity (Wildman–Crippen MR) is 133 cm³/mol. The second kappa shape index (κ2) is 10.3. The molecule has 35 heavy (non-hydrogen) atoms. The van der Waals surface area contributed by atoms with Gasteiger partial charge in [-0.2, -0.15) is 5.10 Å². The molecule has 0 radical (unpaired) electrons. The summed E-state index contributed by atoms with van der Waals surface area (Å²) in [5.41, 5.74) is 5.00. The van der Waals surface area contributed by atoms with Crippen molar-refractivity contribution in [2.45, 2.75) is 39.2 Å². The normalized spacial score (nSPS) is 16.2. The van der Waals surface area contributed by atoms with Gasteiger partial charge in [0.15, 0.2) is 5.69 Å². The van der Waals surface area contributed by atoms with E-state index >= 15 is 0 Å². The molecular weight excluding hydrogens is 450 g/mol. The van der Waals surface area contributed by atoms with E-state index in [1.807, 2.05) is 43.0 Å². The number of benzene rings is 1. The number of piperidine rings is 1. The molecule has 2 N–H and O–H groups in total. The van der Waals surface area contributed by atoms with Crippen LogP contribution in [-0.4, -0.2) is 50.7 Å². The van der Waals surface area contributed by atoms with Crippen molar-refractivity contribution < 1.29 is 13.6 Å². The molecule has 4 rings (SSSR count). The Bertz CT molecular complexity index is 1300. The molecule has 0 saturated carbocycles. The molecule has 1 fully saturated rings. The second-order valence-corrected chi connectivity index (χ2v) is 8.87. The summed E-state index contributed by atoms with van der Waals surface area (Å²) in [5, 5.41) is 10.5. The highest BCUT2D eigenvalue weighted by Gasteiger charge is 2.33. The molecule has 2 aromatic heterocycles. The molecule has 1 aromatic carbocycles. The fourth-order valence-corrected chi connectivity index (χ4v) is 3.92. The largest absolute Gasteiger partial charge is 0.319 e. The van der Waals surface area contributed by atoms with E-state index in [0.717, 1.165) is 27.9 Å². The van der Waals surface area contributed by atoms with E-state index in [1.165, 1.54) is 6.08 Å². The van der Waals surface area contributed by atoms with Gasteiger partial charge in [-0.15, -0.1) is 0 Å². The summed E-state index contributed by atoms with van der Waals surface area (Å²) in [5.74, 6) is -2.94. The second-order valence-electron chi connectivity index (χ2n) is 8.87. The topological polar surface area (TPSA) is 86.3 Å². The maximum Gasteiger partial charge on any atom is 0.276 e. The van der Waals surface area contributed by atoms with Crippen molar-refractivity contribution in [3.8, 4) is 11.1 Å². The molecule has 1 amide bonds. The summed E-state index contributed by atoms with van der Waals surface area (Å²) in [4.78, 5) is 23.5. The van der Waals surface area contributed by atoms with Crippen molar-refractivity contribution in [2.24, 2.45) is 4.99 Å². The van der Waals surface area contributed by atoms with Gasteiger partial charge >= 0.3 is 0 Å². The number of carbonyl (C=O) groups is 1. The molecule has 0 spiro atoms. The molecule has 9 heteroatoms. The number of H-pyrrole nitrogens is 1. The highest BCUT2D eigenvalue weighted by Crippen LogP contribution is 2.29. The monoisotopic (exact) mass is 478 g/mol. The summed E-state index contributed by atoms with van der Waals surface area (Å²) in [6, 6.07) is 7.69. The molecule has 0 bridgehead atoms. The van der Waals surface area contributed by atoms with E-state index in [1.54, 1.807) is 18.6 Å². The Labute approximate surface area is 202 Å². The highest BCUT2D eigenvalue weighted by molar-refractivity contribution is 6.06. The molecule has 0 atom stereocenters. The number of nitrogens with zero attached hydrogens (tertiary/aromatic N) is 4. The van der Waals surface area contributed by atoms with E-state index in [-0.39, 0.29) is 24.4 Å². The van der Waals surface area contributed by atoms with Crippen LogP contribution in [0.15, 0.2) is 66.2 Å². The average Bonchev–Trinajstić information content (AvgIpc) is 3.26. The standard InChI is InChI=1S/C26H28F2N6O/c1-4-21(15-30-17(2)3)31-25(35)24-22-12-19(5-6-23(22)32-33-24)20-11-18(13-29-14-20)16-34-9-7-26(27,28)8-10-34/h4-6,11-15H,1,7-10,16H2,2-3H3,(H,31,35)(H,32,33)/b21-15+. The number of aliphatic imine (C=N–C) groups is 1. The summed E-state index contributed by atoms with van der Waals surface area (Å²) in [7, 11) is 0. The minimum atomic E-state index is -2.56. The number of hydrogen-bond donors (Lipinski definition) is 2. The van der Waals surface area contributed by atoms with Crippen LogP contribution in [0.1, 0.15) is 42.7 Å². The van der Waals surface area contributed by atoms with Crippen LogP contribution in [0.25, 0.3) is 22.0 Å². The molecule has 1 saturated heterocycles. The molecule has 3 heterocycles. The Morgan fingerprint density at radius 2 is 2.00 bits per heavy atom. The maximum atomic E-state index is 13.5. The lowest BCUT2D eigenvalue weighted by Gasteiger charge is -2.31. The minimum Gasteiger partial charge on any atom is -0.319 e. The zero-order valence-electron chi connectivity index (χ0n) is 19.8. The molecule has 1 aliphatic heterocycles. The minimum absolute atomic E-state index is 0.116. The van der Waals surface area contributed by atoms with Gasteiger partial charge in [-0.25, -0.2) is 8.78 Å². The van der Waals surface area contributed by atoms with Gasteiger partial charge in [0.2, 0.25) is 0 Å². The van der Waals surface area contributed by atoms with Crippen molar-refractivity contribution in [3.05, 3.63) is 72.5 Å². The smallest absolute Gasteiger partial charge is 0.276 e. The van der Waals surface area contributed by atoms with Crippen LogP contribution in [0.2, 0.25) is 0 Å². The Morgan fingerprint density at radius 3 is 2.71 bits per heavy atom. The molecule has 1 aliphatic rings. The number of aromatic nitrogens is 3. The van der Waals surface area contributed by atoms with Crippen LogP contribution >= 0.6 is 0 Å². The number of alkyl halides is 2. The summed E-state index contributed by atoms with van der Waals surface area (Å²) >= 11 is 0. The quantitative estimate of drug-likeness (QED) is 0.366. The highest BCUT2D eigenvalue weighted by atomic mass is 19.3. The maximum absolute atomic E-state index is 13.5.